The van der Waals surface area contributed by atoms with E-state index in [1.54, 1.807) is 30.6 Å². The topological polar surface area (TPSA) is 81.5 Å². The maximum Gasteiger partial charge on any atom is 0.200 e. The molecule has 2 heterocycles. The van der Waals surface area contributed by atoms with E-state index in [9.17, 15) is 10.2 Å². The highest BCUT2D eigenvalue weighted by molar-refractivity contribution is 6.03. The average molecular weight is 303 g/mol. The van der Waals surface area contributed by atoms with Crippen molar-refractivity contribution in [1.82, 2.24) is 9.97 Å². The highest BCUT2D eigenvalue weighted by atomic mass is 16.3. The van der Waals surface area contributed by atoms with Crippen LogP contribution in [0, 0.1) is 0 Å². The Morgan fingerprint density at radius 2 is 1.78 bits per heavy atom. The first kappa shape index (κ1) is 13.3. The van der Waals surface area contributed by atoms with E-state index in [1.165, 1.54) is 0 Å². The molecular formula is C18H13N3O2. The number of fused-ring (bicyclic) bond motifs is 2. The van der Waals surface area contributed by atoms with Crippen molar-refractivity contribution in [2.75, 3.05) is 0 Å². The highest BCUT2D eigenvalue weighted by Gasteiger charge is 2.10. The molecule has 112 valence electrons. The lowest BCUT2D eigenvalue weighted by Gasteiger charge is -2.03. The summed E-state index contributed by atoms with van der Waals surface area (Å²) in [5, 5.41) is 21.6. The summed E-state index contributed by atoms with van der Waals surface area (Å²) in [4.78, 5) is 11.6. The molecule has 0 bridgehead atoms. The number of phenols is 1. The molecule has 0 atom stereocenters. The van der Waals surface area contributed by atoms with Crippen LogP contribution in [0.2, 0.25) is 0 Å². The molecule has 0 saturated carbocycles. The zero-order valence-corrected chi connectivity index (χ0v) is 12.1. The molecule has 2 aromatic heterocycles. The lowest BCUT2D eigenvalue weighted by Crippen LogP contribution is -1.82. The summed E-state index contributed by atoms with van der Waals surface area (Å²) in [5.74, 6) is 0.252. The summed E-state index contributed by atoms with van der Waals surface area (Å²) >= 11 is 0. The first-order valence-electron chi connectivity index (χ1n) is 7.14. The monoisotopic (exact) mass is 303 g/mol. The van der Waals surface area contributed by atoms with E-state index in [0.717, 1.165) is 16.3 Å². The molecule has 4 rings (SSSR count). The number of aromatic hydroxyl groups is 2. The van der Waals surface area contributed by atoms with Gasteiger partial charge in [-0.05, 0) is 24.3 Å². The Kier molecular flexibility index (Phi) is 2.98. The minimum Gasteiger partial charge on any atom is -0.507 e. The average Bonchev–Trinajstić information content (AvgIpc) is 2.90. The summed E-state index contributed by atoms with van der Waals surface area (Å²) in [7, 11) is 0. The van der Waals surface area contributed by atoms with Crippen molar-refractivity contribution in [1.29, 1.82) is 0 Å². The summed E-state index contributed by atoms with van der Waals surface area (Å²) in [5.41, 5.74) is 2.67. The number of aromatic nitrogens is 2. The summed E-state index contributed by atoms with van der Waals surface area (Å²) < 4.78 is 0. The molecule has 23 heavy (non-hydrogen) atoms. The fraction of sp³-hybridized carbons (Fsp3) is 0. The van der Waals surface area contributed by atoms with Gasteiger partial charge in [0.1, 0.15) is 11.3 Å². The predicted molar refractivity (Wildman–Crippen MR) is 90.6 cm³/mol. The van der Waals surface area contributed by atoms with Crippen LogP contribution >= 0.6 is 0 Å². The molecule has 3 N–H and O–H groups in total. The van der Waals surface area contributed by atoms with E-state index in [-0.39, 0.29) is 11.6 Å². The molecule has 0 radical (unpaired) electrons. The van der Waals surface area contributed by atoms with Crippen molar-refractivity contribution in [3.63, 3.8) is 0 Å². The first-order chi connectivity index (χ1) is 11.2. The molecule has 5 heteroatoms. The maximum atomic E-state index is 10.0. The van der Waals surface area contributed by atoms with Gasteiger partial charge in [0.2, 0.25) is 0 Å². The van der Waals surface area contributed by atoms with Gasteiger partial charge in [-0.2, -0.15) is 0 Å². The lowest BCUT2D eigenvalue weighted by molar-refractivity contribution is 0.457. The van der Waals surface area contributed by atoms with Crippen LogP contribution in [-0.4, -0.2) is 26.4 Å². The molecule has 4 aromatic rings. The fourth-order valence-electron chi connectivity index (χ4n) is 2.66. The van der Waals surface area contributed by atoms with Crippen molar-refractivity contribution in [3.05, 3.63) is 60.3 Å². The third-order valence-electron chi connectivity index (χ3n) is 3.78. The van der Waals surface area contributed by atoms with E-state index in [1.807, 2.05) is 30.3 Å². The Hall–Kier alpha value is -3.34. The van der Waals surface area contributed by atoms with E-state index in [4.69, 9.17) is 0 Å². The molecule has 0 fully saturated rings. The fourth-order valence-corrected chi connectivity index (χ4v) is 2.66. The number of hydrogen-bond donors (Lipinski definition) is 3. The molecular weight excluding hydrogens is 290 g/mol. The molecule has 0 aliphatic carbocycles. The van der Waals surface area contributed by atoms with Gasteiger partial charge in [0.05, 0.1) is 16.8 Å². The van der Waals surface area contributed by atoms with Crippen LogP contribution in [0.3, 0.4) is 0 Å². The van der Waals surface area contributed by atoms with E-state index < -0.39 is 0 Å². The molecule has 0 saturated heterocycles. The van der Waals surface area contributed by atoms with Crippen LogP contribution in [0.15, 0.2) is 59.7 Å². The van der Waals surface area contributed by atoms with Gasteiger partial charge in [-0.3, -0.25) is 9.98 Å². The van der Waals surface area contributed by atoms with Gasteiger partial charge in [0.15, 0.2) is 5.88 Å². The Balaban J connectivity index is 1.86. The number of nitrogens with one attached hydrogen (secondary N) is 1. The number of rotatable bonds is 2. The Morgan fingerprint density at radius 3 is 2.65 bits per heavy atom. The van der Waals surface area contributed by atoms with E-state index in [2.05, 4.69) is 15.0 Å². The van der Waals surface area contributed by atoms with Crippen LogP contribution in [-0.2, 0) is 0 Å². The van der Waals surface area contributed by atoms with Crippen molar-refractivity contribution in [3.8, 4) is 11.6 Å². The summed E-state index contributed by atoms with van der Waals surface area (Å²) in [6.07, 6.45) is 3.25. The van der Waals surface area contributed by atoms with Crippen molar-refractivity contribution < 1.29 is 10.2 Å². The smallest absolute Gasteiger partial charge is 0.200 e. The second-order valence-corrected chi connectivity index (χ2v) is 5.19. The number of nitrogens with zero attached hydrogens (tertiary/aromatic N) is 2. The minimum absolute atomic E-state index is 0.0329. The quantitative estimate of drug-likeness (QED) is 0.491. The van der Waals surface area contributed by atoms with Crippen LogP contribution in [0.25, 0.3) is 21.8 Å². The van der Waals surface area contributed by atoms with Crippen LogP contribution in [0.1, 0.15) is 5.56 Å². The second-order valence-electron chi connectivity index (χ2n) is 5.19. The van der Waals surface area contributed by atoms with Crippen molar-refractivity contribution >= 4 is 33.7 Å². The number of benzene rings is 2. The van der Waals surface area contributed by atoms with Gasteiger partial charge in [0.25, 0.3) is 0 Å². The van der Waals surface area contributed by atoms with E-state index >= 15 is 0 Å². The number of phenolic OH excluding ortho intramolecular Hbond substituents is 1. The van der Waals surface area contributed by atoms with Crippen LogP contribution < -0.4 is 0 Å². The highest BCUT2D eigenvalue weighted by Crippen LogP contribution is 2.33. The Morgan fingerprint density at radius 1 is 0.957 bits per heavy atom. The normalized spacial score (nSPS) is 11.7. The minimum atomic E-state index is 0.0329. The zero-order valence-electron chi connectivity index (χ0n) is 12.1. The van der Waals surface area contributed by atoms with Crippen LogP contribution in [0.4, 0.5) is 5.69 Å². The van der Waals surface area contributed by atoms with Crippen molar-refractivity contribution in [2.24, 2.45) is 4.99 Å². The molecule has 0 amide bonds. The first-order valence-corrected chi connectivity index (χ1v) is 7.14. The molecule has 2 aromatic carbocycles. The zero-order chi connectivity index (χ0) is 15.8. The molecule has 5 nitrogen and oxygen atoms in total. The molecule has 0 aliphatic rings. The maximum absolute atomic E-state index is 10.0. The number of H-pyrrole nitrogens is 1. The lowest BCUT2D eigenvalue weighted by atomic mass is 10.1. The molecule has 0 aliphatic heterocycles. The predicted octanol–water partition coefficient (Wildman–Crippen LogP) is 3.88. The second kappa shape index (κ2) is 5.14. The third-order valence-corrected chi connectivity index (χ3v) is 3.78. The Bertz CT molecular complexity index is 1050. The number of hydrogen-bond acceptors (Lipinski definition) is 4. The van der Waals surface area contributed by atoms with Gasteiger partial charge < -0.3 is 15.2 Å². The molecule has 0 spiro atoms. The SMILES string of the molecule is Oc1[nH]c2cccnc2c1C=Nc1ccc(O)c2ccccc12. The largest absolute Gasteiger partial charge is 0.507 e. The standard InChI is InChI=1S/C18H13N3O2/c22-16-8-7-14(11-4-1-2-5-12(11)16)20-10-13-17-15(21-18(13)23)6-3-9-19-17/h1-10,21-23H. The third kappa shape index (κ3) is 2.19. The summed E-state index contributed by atoms with van der Waals surface area (Å²) in [6, 6.07) is 14.5. The number of pyridine rings is 1. The van der Waals surface area contributed by atoms with Gasteiger partial charge >= 0.3 is 0 Å². The van der Waals surface area contributed by atoms with E-state index in [0.29, 0.717) is 16.8 Å². The van der Waals surface area contributed by atoms with Gasteiger partial charge in [0, 0.05) is 23.2 Å². The van der Waals surface area contributed by atoms with Crippen LogP contribution in [0.5, 0.6) is 11.6 Å². The van der Waals surface area contributed by atoms with Gasteiger partial charge in [-0.25, -0.2) is 0 Å². The van der Waals surface area contributed by atoms with Gasteiger partial charge in [-0.1, -0.05) is 24.3 Å². The van der Waals surface area contributed by atoms with Crippen molar-refractivity contribution in [2.45, 2.75) is 0 Å². The Labute approximate surface area is 131 Å². The molecule has 0 unspecified atom stereocenters. The summed E-state index contributed by atoms with van der Waals surface area (Å²) in [6.45, 7) is 0. The number of aromatic amines is 1. The number of aliphatic imine (C=N–C) groups is 1. The van der Waals surface area contributed by atoms with Gasteiger partial charge in [-0.15, -0.1) is 0 Å².